The van der Waals surface area contributed by atoms with E-state index in [1.807, 2.05) is 30.3 Å². The smallest absolute Gasteiger partial charge is 0.326 e. The van der Waals surface area contributed by atoms with Crippen molar-refractivity contribution in [3.8, 4) is 5.69 Å². The van der Waals surface area contributed by atoms with E-state index in [-0.39, 0.29) is 24.2 Å². The molecule has 0 aliphatic rings. The van der Waals surface area contributed by atoms with Gasteiger partial charge in [-0.3, -0.25) is 14.2 Å². The number of alkyl halides is 3. The topological polar surface area (TPSA) is 81.8 Å². The number of amides is 1. The van der Waals surface area contributed by atoms with Crippen molar-refractivity contribution in [1.29, 1.82) is 0 Å². The van der Waals surface area contributed by atoms with Gasteiger partial charge in [-0.25, -0.2) is 9.67 Å². The van der Waals surface area contributed by atoms with Crippen LogP contribution in [0.25, 0.3) is 16.7 Å². The SMILES string of the molecule is Cc1nc2c(cnn2-c2ccccc2)c(=O)n1CCC(=O)Nc1ccc(C(F)(F)F)cc1. The Hall–Kier alpha value is -3.95. The number of benzene rings is 2. The van der Waals surface area contributed by atoms with E-state index in [1.165, 1.54) is 22.9 Å². The van der Waals surface area contributed by atoms with Crippen LogP contribution in [0.5, 0.6) is 0 Å². The summed E-state index contributed by atoms with van der Waals surface area (Å²) in [4.78, 5) is 29.7. The summed E-state index contributed by atoms with van der Waals surface area (Å²) in [5.74, 6) is -0.0151. The molecule has 1 amide bonds. The molecule has 2 aromatic carbocycles. The second kappa shape index (κ2) is 8.29. The summed E-state index contributed by atoms with van der Waals surface area (Å²) in [5, 5.41) is 7.12. The number of hydrogen-bond acceptors (Lipinski definition) is 4. The number of aryl methyl sites for hydroxylation is 1. The molecule has 0 aliphatic carbocycles. The molecule has 4 rings (SSSR count). The van der Waals surface area contributed by atoms with E-state index in [0.717, 1.165) is 17.8 Å². The molecule has 0 atom stereocenters. The van der Waals surface area contributed by atoms with Gasteiger partial charge in [-0.05, 0) is 43.3 Å². The van der Waals surface area contributed by atoms with Gasteiger partial charge in [0.1, 0.15) is 11.2 Å². The van der Waals surface area contributed by atoms with Crippen LogP contribution in [0.2, 0.25) is 0 Å². The molecule has 2 aromatic heterocycles. The molecular weight excluding hydrogens is 423 g/mol. The molecule has 0 bridgehead atoms. The van der Waals surface area contributed by atoms with Crippen molar-refractivity contribution in [2.45, 2.75) is 26.1 Å². The van der Waals surface area contributed by atoms with Crippen molar-refractivity contribution >= 4 is 22.6 Å². The Balaban J connectivity index is 1.50. The van der Waals surface area contributed by atoms with Crippen molar-refractivity contribution in [2.75, 3.05) is 5.32 Å². The number of hydrogen-bond donors (Lipinski definition) is 1. The minimum absolute atomic E-state index is 0.0538. The van der Waals surface area contributed by atoms with Gasteiger partial charge in [-0.15, -0.1) is 0 Å². The minimum Gasteiger partial charge on any atom is -0.326 e. The van der Waals surface area contributed by atoms with Gasteiger partial charge in [-0.1, -0.05) is 18.2 Å². The third-order valence-corrected chi connectivity index (χ3v) is 4.94. The Morgan fingerprint density at radius 1 is 1.06 bits per heavy atom. The van der Waals surface area contributed by atoms with Gasteiger partial charge in [0.05, 0.1) is 17.4 Å². The van der Waals surface area contributed by atoms with E-state index in [9.17, 15) is 22.8 Å². The van der Waals surface area contributed by atoms with Crippen LogP contribution in [-0.2, 0) is 17.5 Å². The quantitative estimate of drug-likeness (QED) is 0.509. The van der Waals surface area contributed by atoms with Gasteiger partial charge in [0.2, 0.25) is 5.91 Å². The Bertz CT molecular complexity index is 1330. The average molecular weight is 441 g/mol. The van der Waals surface area contributed by atoms with Gasteiger partial charge in [0, 0.05) is 18.7 Å². The van der Waals surface area contributed by atoms with E-state index in [1.54, 1.807) is 11.6 Å². The van der Waals surface area contributed by atoms with Crippen LogP contribution < -0.4 is 10.9 Å². The Labute approximate surface area is 180 Å². The van der Waals surface area contributed by atoms with Crippen LogP contribution in [0.4, 0.5) is 18.9 Å². The summed E-state index contributed by atoms with van der Waals surface area (Å²) in [7, 11) is 0. The zero-order chi connectivity index (χ0) is 22.9. The van der Waals surface area contributed by atoms with Crippen LogP contribution in [0.1, 0.15) is 17.8 Å². The summed E-state index contributed by atoms with van der Waals surface area (Å²) in [6.07, 6.45) is -3.06. The first-order valence-electron chi connectivity index (χ1n) is 9.72. The number of halogens is 3. The number of nitrogens with one attached hydrogen (secondary N) is 1. The lowest BCUT2D eigenvalue weighted by molar-refractivity contribution is -0.137. The number of carbonyl (C=O) groups is 1. The Kier molecular flexibility index (Phi) is 5.52. The first-order chi connectivity index (χ1) is 15.2. The molecule has 0 spiro atoms. The van der Waals surface area contributed by atoms with Crippen LogP contribution in [0, 0.1) is 6.92 Å². The van der Waals surface area contributed by atoms with Gasteiger partial charge < -0.3 is 5.32 Å². The first-order valence-corrected chi connectivity index (χ1v) is 9.72. The third-order valence-electron chi connectivity index (χ3n) is 4.94. The van der Waals surface area contributed by atoms with Crippen molar-refractivity contribution in [3.63, 3.8) is 0 Å². The van der Waals surface area contributed by atoms with Crippen molar-refractivity contribution in [2.24, 2.45) is 0 Å². The fraction of sp³-hybridized carbons (Fsp3) is 0.182. The van der Waals surface area contributed by atoms with Gasteiger partial charge >= 0.3 is 6.18 Å². The summed E-state index contributed by atoms with van der Waals surface area (Å²) in [6.45, 7) is 1.73. The fourth-order valence-electron chi connectivity index (χ4n) is 3.31. The maximum Gasteiger partial charge on any atom is 0.416 e. The molecule has 0 aliphatic heterocycles. The molecule has 164 valence electrons. The second-order valence-electron chi connectivity index (χ2n) is 7.12. The summed E-state index contributed by atoms with van der Waals surface area (Å²) in [6, 6.07) is 13.4. The number of anilines is 1. The Morgan fingerprint density at radius 2 is 1.75 bits per heavy atom. The first kappa shape index (κ1) is 21.3. The fourth-order valence-corrected chi connectivity index (χ4v) is 3.31. The van der Waals surface area contributed by atoms with Crippen molar-refractivity contribution in [3.05, 3.63) is 82.5 Å². The molecule has 2 heterocycles. The number of rotatable bonds is 5. The number of para-hydroxylation sites is 1. The van der Waals surface area contributed by atoms with Gasteiger partial charge in [-0.2, -0.15) is 18.3 Å². The normalized spacial score (nSPS) is 11.6. The van der Waals surface area contributed by atoms with Crippen molar-refractivity contribution < 1.29 is 18.0 Å². The molecule has 0 unspecified atom stereocenters. The van der Waals surface area contributed by atoms with Crippen LogP contribution in [0.15, 0.2) is 65.6 Å². The molecule has 1 N–H and O–H groups in total. The minimum atomic E-state index is -4.44. The highest BCUT2D eigenvalue weighted by molar-refractivity contribution is 5.90. The van der Waals surface area contributed by atoms with E-state index in [2.05, 4.69) is 15.4 Å². The highest BCUT2D eigenvalue weighted by Gasteiger charge is 2.30. The number of aromatic nitrogens is 4. The zero-order valence-electron chi connectivity index (χ0n) is 16.9. The van der Waals surface area contributed by atoms with Crippen LogP contribution >= 0.6 is 0 Å². The van der Waals surface area contributed by atoms with E-state index >= 15 is 0 Å². The number of fused-ring (bicyclic) bond motifs is 1. The zero-order valence-corrected chi connectivity index (χ0v) is 16.9. The standard InChI is InChI=1S/C22H18F3N5O2/c1-14-27-20-18(13-26-30(20)17-5-3-2-4-6-17)21(32)29(14)12-11-19(31)28-16-9-7-15(8-10-16)22(23,24)25/h2-10,13H,11-12H2,1H3,(H,28,31). The van der Waals surface area contributed by atoms with Crippen LogP contribution in [0.3, 0.4) is 0 Å². The number of nitrogens with zero attached hydrogens (tertiary/aromatic N) is 4. The molecule has 0 saturated heterocycles. The lowest BCUT2D eigenvalue weighted by atomic mass is 10.2. The summed E-state index contributed by atoms with van der Waals surface area (Å²) in [5.41, 5.74) is 0.307. The molecule has 0 saturated carbocycles. The molecule has 10 heteroatoms. The highest BCUT2D eigenvalue weighted by atomic mass is 19.4. The van der Waals surface area contributed by atoms with Gasteiger partial charge in [0.25, 0.3) is 5.56 Å². The third kappa shape index (κ3) is 4.25. The molecule has 7 nitrogen and oxygen atoms in total. The largest absolute Gasteiger partial charge is 0.416 e. The monoisotopic (exact) mass is 441 g/mol. The Morgan fingerprint density at radius 3 is 2.41 bits per heavy atom. The maximum atomic E-state index is 12.9. The molecular formula is C22H18F3N5O2. The summed E-state index contributed by atoms with van der Waals surface area (Å²) < 4.78 is 40.9. The number of carbonyl (C=O) groups excluding carboxylic acids is 1. The average Bonchev–Trinajstić information content (AvgIpc) is 3.18. The summed E-state index contributed by atoms with van der Waals surface area (Å²) >= 11 is 0. The maximum absolute atomic E-state index is 12.9. The highest BCUT2D eigenvalue weighted by Crippen LogP contribution is 2.29. The van der Waals surface area contributed by atoms with E-state index in [0.29, 0.717) is 16.9 Å². The van der Waals surface area contributed by atoms with E-state index in [4.69, 9.17) is 0 Å². The van der Waals surface area contributed by atoms with Crippen molar-refractivity contribution in [1.82, 2.24) is 19.3 Å². The second-order valence-corrected chi connectivity index (χ2v) is 7.12. The molecule has 0 fully saturated rings. The lowest BCUT2D eigenvalue weighted by Crippen LogP contribution is -2.26. The van der Waals surface area contributed by atoms with Crippen LogP contribution in [-0.4, -0.2) is 25.2 Å². The van der Waals surface area contributed by atoms with E-state index < -0.39 is 17.6 Å². The predicted octanol–water partition coefficient (Wildman–Crippen LogP) is 3.94. The lowest BCUT2D eigenvalue weighted by Gasteiger charge is -2.11. The molecule has 32 heavy (non-hydrogen) atoms. The predicted molar refractivity (Wildman–Crippen MR) is 113 cm³/mol. The van der Waals surface area contributed by atoms with Gasteiger partial charge in [0.15, 0.2) is 5.65 Å². The molecule has 0 radical (unpaired) electrons. The molecule has 4 aromatic rings.